The molecule has 12 heavy (non-hydrogen) atoms. The standard InChI is InChI=1S/C9H16N2S/c1-9(2,6-10-7-12)8-4-3-5-11-8/h3-5,10-12H,6-7H2,1-2H3. The molecular formula is C9H16N2S. The van der Waals surface area contributed by atoms with Gasteiger partial charge in [-0.15, -0.1) is 0 Å². The summed E-state index contributed by atoms with van der Waals surface area (Å²) in [5, 5.41) is 3.22. The van der Waals surface area contributed by atoms with E-state index in [1.54, 1.807) is 0 Å². The highest BCUT2D eigenvalue weighted by Gasteiger charge is 2.20. The van der Waals surface area contributed by atoms with Crippen LogP contribution in [-0.2, 0) is 5.41 Å². The zero-order chi connectivity index (χ0) is 9.03. The summed E-state index contributed by atoms with van der Waals surface area (Å²) in [6.07, 6.45) is 1.96. The summed E-state index contributed by atoms with van der Waals surface area (Å²) in [7, 11) is 0. The molecule has 1 aromatic rings. The minimum absolute atomic E-state index is 0.159. The van der Waals surface area contributed by atoms with Crippen molar-refractivity contribution in [3.05, 3.63) is 24.0 Å². The number of hydrogen-bond acceptors (Lipinski definition) is 2. The Morgan fingerprint density at radius 1 is 1.58 bits per heavy atom. The number of aromatic nitrogens is 1. The Morgan fingerprint density at radius 2 is 2.33 bits per heavy atom. The summed E-state index contributed by atoms with van der Waals surface area (Å²) < 4.78 is 0. The molecule has 2 nitrogen and oxygen atoms in total. The Labute approximate surface area is 79.2 Å². The molecular weight excluding hydrogens is 168 g/mol. The first-order valence-corrected chi connectivity index (χ1v) is 4.75. The van der Waals surface area contributed by atoms with Crippen LogP contribution in [0.1, 0.15) is 19.5 Å². The molecule has 0 aliphatic rings. The minimum Gasteiger partial charge on any atom is -0.365 e. The molecule has 1 rings (SSSR count). The van der Waals surface area contributed by atoms with Gasteiger partial charge in [0, 0.05) is 29.7 Å². The molecule has 0 aliphatic carbocycles. The molecule has 0 radical (unpaired) electrons. The lowest BCUT2D eigenvalue weighted by Gasteiger charge is -2.23. The number of hydrogen-bond donors (Lipinski definition) is 3. The van der Waals surface area contributed by atoms with Crippen molar-refractivity contribution in [2.75, 3.05) is 12.4 Å². The van der Waals surface area contributed by atoms with Crippen LogP contribution in [-0.4, -0.2) is 17.4 Å². The van der Waals surface area contributed by atoms with Crippen LogP contribution >= 0.6 is 12.6 Å². The van der Waals surface area contributed by atoms with Crippen molar-refractivity contribution in [1.82, 2.24) is 10.3 Å². The summed E-state index contributed by atoms with van der Waals surface area (Å²) in [6, 6.07) is 4.14. The summed E-state index contributed by atoms with van der Waals surface area (Å²) in [6.45, 7) is 5.35. The first-order chi connectivity index (χ1) is 5.67. The monoisotopic (exact) mass is 184 g/mol. The van der Waals surface area contributed by atoms with Crippen molar-refractivity contribution in [2.24, 2.45) is 0 Å². The molecule has 0 atom stereocenters. The van der Waals surface area contributed by atoms with Crippen molar-refractivity contribution in [3.63, 3.8) is 0 Å². The van der Waals surface area contributed by atoms with Gasteiger partial charge in [-0.05, 0) is 12.1 Å². The van der Waals surface area contributed by atoms with Crippen molar-refractivity contribution >= 4 is 12.6 Å². The quantitative estimate of drug-likeness (QED) is 0.483. The Kier molecular flexibility index (Phi) is 3.23. The Bertz CT molecular complexity index is 216. The fraction of sp³-hybridized carbons (Fsp3) is 0.556. The largest absolute Gasteiger partial charge is 0.365 e. The smallest absolute Gasteiger partial charge is 0.0387 e. The van der Waals surface area contributed by atoms with E-state index in [9.17, 15) is 0 Å². The maximum Gasteiger partial charge on any atom is 0.0387 e. The molecule has 0 amide bonds. The van der Waals surface area contributed by atoms with Crippen LogP contribution in [0.15, 0.2) is 18.3 Å². The Hall–Kier alpha value is -0.410. The second kappa shape index (κ2) is 4.01. The van der Waals surface area contributed by atoms with Gasteiger partial charge in [-0.2, -0.15) is 12.6 Å². The van der Waals surface area contributed by atoms with Gasteiger partial charge >= 0.3 is 0 Å². The molecule has 0 saturated heterocycles. The molecule has 0 unspecified atom stereocenters. The SMILES string of the molecule is CC(C)(CNCS)c1ccc[nH]1. The van der Waals surface area contributed by atoms with Crippen molar-refractivity contribution in [2.45, 2.75) is 19.3 Å². The number of thiol groups is 1. The maximum absolute atomic E-state index is 4.11. The molecule has 0 aliphatic heterocycles. The fourth-order valence-corrected chi connectivity index (χ4v) is 1.33. The van der Waals surface area contributed by atoms with E-state index >= 15 is 0 Å². The molecule has 1 aromatic heterocycles. The topological polar surface area (TPSA) is 27.8 Å². The second-order valence-corrected chi connectivity index (χ2v) is 3.87. The highest BCUT2D eigenvalue weighted by Crippen LogP contribution is 2.19. The predicted octanol–water partition coefficient (Wildman–Crippen LogP) is 1.77. The van der Waals surface area contributed by atoms with Crippen LogP contribution < -0.4 is 5.32 Å². The van der Waals surface area contributed by atoms with Crippen LogP contribution in [0.25, 0.3) is 0 Å². The van der Waals surface area contributed by atoms with E-state index in [0.29, 0.717) is 0 Å². The third kappa shape index (κ3) is 2.29. The number of aromatic amines is 1. The third-order valence-electron chi connectivity index (χ3n) is 2.01. The van der Waals surface area contributed by atoms with Crippen LogP contribution in [0.5, 0.6) is 0 Å². The molecule has 0 bridgehead atoms. The molecule has 2 N–H and O–H groups in total. The zero-order valence-corrected chi connectivity index (χ0v) is 8.49. The zero-order valence-electron chi connectivity index (χ0n) is 7.59. The highest BCUT2D eigenvalue weighted by molar-refractivity contribution is 7.80. The molecule has 68 valence electrons. The number of H-pyrrole nitrogens is 1. The van der Waals surface area contributed by atoms with E-state index in [4.69, 9.17) is 0 Å². The van der Waals surface area contributed by atoms with Crippen molar-refractivity contribution < 1.29 is 0 Å². The average Bonchev–Trinajstić information content (AvgIpc) is 2.53. The highest BCUT2D eigenvalue weighted by atomic mass is 32.1. The number of rotatable bonds is 4. The molecule has 0 fully saturated rings. The van der Waals surface area contributed by atoms with E-state index in [2.05, 4.69) is 42.8 Å². The first-order valence-electron chi connectivity index (χ1n) is 4.12. The Morgan fingerprint density at radius 3 is 2.83 bits per heavy atom. The lowest BCUT2D eigenvalue weighted by molar-refractivity contribution is 0.479. The van der Waals surface area contributed by atoms with Gasteiger partial charge in [0.25, 0.3) is 0 Å². The summed E-state index contributed by atoms with van der Waals surface area (Å²) >= 11 is 4.11. The summed E-state index contributed by atoms with van der Waals surface area (Å²) in [5.74, 6) is 0.726. The van der Waals surface area contributed by atoms with E-state index in [1.807, 2.05) is 12.3 Å². The van der Waals surface area contributed by atoms with Crippen molar-refractivity contribution in [1.29, 1.82) is 0 Å². The van der Waals surface area contributed by atoms with Gasteiger partial charge in [0.2, 0.25) is 0 Å². The van der Waals surface area contributed by atoms with Crippen molar-refractivity contribution in [3.8, 4) is 0 Å². The normalized spacial score (nSPS) is 11.9. The second-order valence-electron chi connectivity index (χ2n) is 3.55. The predicted molar refractivity (Wildman–Crippen MR) is 55.7 cm³/mol. The van der Waals surface area contributed by atoms with Gasteiger partial charge in [-0.3, -0.25) is 0 Å². The van der Waals surface area contributed by atoms with E-state index in [-0.39, 0.29) is 5.41 Å². The Balaban J connectivity index is 2.59. The summed E-state index contributed by atoms with van der Waals surface area (Å²) in [5.41, 5.74) is 1.42. The van der Waals surface area contributed by atoms with E-state index in [1.165, 1.54) is 5.69 Å². The van der Waals surface area contributed by atoms with Gasteiger partial charge in [0.15, 0.2) is 0 Å². The molecule has 3 heteroatoms. The lowest BCUT2D eigenvalue weighted by atomic mass is 9.89. The van der Waals surface area contributed by atoms with E-state index in [0.717, 1.165) is 12.4 Å². The van der Waals surface area contributed by atoms with Crippen LogP contribution in [0, 0.1) is 0 Å². The summed E-state index contributed by atoms with van der Waals surface area (Å²) in [4.78, 5) is 3.22. The van der Waals surface area contributed by atoms with Crippen LogP contribution in [0.4, 0.5) is 0 Å². The van der Waals surface area contributed by atoms with Gasteiger partial charge < -0.3 is 10.3 Å². The number of nitrogens with one attached hydrogen (secondary N) is 2. The average molecular weight is 184 g/mol. The van der Waals surface area contributed by atoms with Gasteiger partial charge in [-0.1, -0.05) is 13.8 Å². The molecule has 0 spiro atoms. The fourth-order valence-electron chi connectivity index (χ4n) is 1.21. The first kappa shape index (κ1) is 9.68. The molecule has 1 heterocycles. The van der Waals surface area contributed by atoms with Crippen LogP contribution in [0.3, 0.4) is 0 Å². The molecule has 0 aromatic carbocycles. The molecule has 0 saturated carbocycles. The van der Waals surface area contributed by atoms with Gasteiger partial charge in [0.05, 0.1) is 0 Å². The van der Waals surface area contributed by atoms with E-state index < -0.39 is 0 Å². The van der Waals surface area contributed by atoms with Gasteiger partial charge in [-0.25, -0.2) is 0 Å². The maximum atomic E-state index is 4.11. The van der Waals surface area contributed by atoms with Gasteiger partial charge in [0.1, 0.15) is 0 Å². The minimum atomic E-state index is 0.159. The lowest BCUT2D eigenvalue weighted by Crippen LogP contribution is -2.32. The van der Waals surface area contributed by atoms with Crippen LogP contribution in [0.2, 0.25) is 0 Å². The third-order valence-corrected chi connectivity index (χ3v) is 2.23.